The molecule has 2 amide bonds. The van der Waals surface area contributed by atoms with E-state index in [1.54, 1.807) is 24.0 Å². The molecule has 0 unspecified atom stereocenters. The molecule has 1 rings (SSSR count). The maximum Gasteiger partial charge on any atom is 0.238 e. The first kappa shape index (κ1) is 17.1. The van der Waals surface area contributed by atoms with Crippen molar-refractivity contribution in [1.29, 1.82) is 0 Å². The molecule has 21 heavy (non-hydrogen) atoms. The third kappa shape index (κ3) is 6.35. The van der Waals surface area contributed by atoms with Crippen LogP contribution in [0.25, 0.3) is 0 Å². The molecule has 0 aliphatic heterocycles. The fourth-order valence-corrected chi connectivity index (χ4v) is 2.00. The first-order valence-corrected chi connectivity index (χ1v) is 6.84. The first-order valence-electron chi connectivity index (χ1n) is 6.84. The molecule has 3 N–H and O–H groups in total. The Morgan fingerprint density at radius 1 is 1.33 bits per heavy atom. The number of carbonyl (C=O) groups is 2. The maximum absolute atomic E-state index is 13.4. The highest BCUT2D eigenvalue weighted by Crippen LogP contribution is 2.13. The van der Waals surface area contributed by atoms with E-state index in [0.717, 1.165) is 0 Å². The Hall–Kier alpha value is -1.95. The molecule has 0 atom stereocenters. The summed E-state index contributed by atoms with van der Waals surface area (Å²) in [7, 11) is 0. The van der Waals surface area contributed by atoms with Crippen LogP contribution in [0.3, 0.4) is 0 Å². The average molecular weight is 295 g/mol. The fraction of sp³-hybridized carbons (Fsp3) is 0.467. The predicted molar refractivity (Wildman–Crippen MR) is 80.2 cm³/mol. The van der Waals surface area contributed by atoms with E-state index in [-0.39, 0.29) is 24.8 Å². The van der Waals surface area contributed by atoms with E-state index in [9.17, 15) is 14.0 Å². The number of nitrogens with one attached hydrogen (secondary N) is 1. The van der Waals surface area contributed by atoms with Gasteiger partial charge in [-0.15, -0.1) is 0 Å². The summed E-state index contributed by atoms with van der Waals surface area (Å²) in [5.41, 5.74) is 6.08. The lowest BCUT2D eigenvalue weighted by atomic mass is 10.2. The SMILES string of the molecule is Cc1ccc(NC(=O)CN(CC(N)=O)CC(C)C)cc1F. The molecule has 0 fully saturated rings. The van der Waals surface area contributed by atoms with Crippen LogP contribution >= 0.6 is 0 Å². The van der Waals surface area contributed by atoms with Crippen molar-refractivity contribution in [3.8, 4) is 0 Å². The molecule has 0 radical (unpaired) electrons. The molecule has 5 nitrogen and oxygen atoms in total. The molecular weight excluding hydrogens is 273 g/mol. The van der Waals surface area contributed by atoms with Crippen LogP contribution in [0.1, 0.15) is 19.4 Å². The number of nitrogens with two attached hydrogens (primary N) is 1. The average Bonchev–Trinajstić information content (AvgIpc) is 2.31. The largest absolute Gasteiger partial charge is 0.369 e. The molecule has 0 saturated heterocycles. The van der Waals surface area contributed by atoms with Crippen molar-refractivity contribution in [2.24, 2.45) is 11.7 Å². The predicted octanol–water partition coefficient (Wildman–Crippen LogP) is 1.52. The van der Waals surface area contributed by atoms with Crippen molar-refractivity contribution in [1.82, 2.24) is 4.90 Å². The molecule has 0 bridgehead atoms. The number of benzene rings is 1. The Morgan fingerprint density at radius 2 is 2.00 bits per heavy atom. The topological polar surface area (TPSA) is 75.4 Å². The minimum Gasteiger partial charge on any atom is -0.369 e. The highest BCUT2D eigenvalue weighted by atomic mass is 19.1. The van der Waals surface area contributed by atoms with Gasteiger partial charge in [0.15, 0.2) is 0 Å². The molecule has 0 spiro atoms. The minimum atomic E-state index is -0.482. The van der Waals surface area contributed by atoms with Crippen LogP contribution in [0.2, 0.25) is 0 Å². The van der Waals surface area contributed by atoms with E-state index in [4.69, 9.17) is 5.73 Å². The summed E-state index contributed by atoms with van der Waals surface area (Å²) < 4.78 is 13.4. The number of rotatable bonds is 7. The third-order valence-corrected chi connectivity index (χ3v) is 2.83. The van der Waals surface area contributed by atoms with E-state index < -0.39 is 5.91 Å². The second kappa shape index (κ2) is 7.73. The molecule has 0 aliphatic rings. The zero-order valence-electron chi connectivity index (χ0n) is 12.6. The summed E-state index contributed by atoms with van der Waals surface area (Å²) in [6, 6.07) is 4.51. The van der Waals surface area contributed by atoms with Crippen molar-refractivity contribution in [2.75, 3.05) is 25.0 Å². The zero-order chi connectivity index (χ0) is 16.0. The number of carbonyl (C=O) groups excluding carboxylic acids is 2. The van der Waals surface area contributed by atoms with Crippen LogP contribution in [0.5, 0.6) is 0 Å². The van der Waals surface area contributed by atoms with Gasteiger partial charge in [0.25, 0.3) is 0 Å². The Balaban J connectivity index is 2.64. The van der Waals surface area contributed by atoms with Crippen molar-refractivity contribution >= 4 is 17.5 Å². The van der Waals surface area contributed by atoms with Crippen LogP contribution in [0, 0.1) is 18.7 Å². The standard InChI is InChI=1S/C15H22FN3O2/c1-10(2)7-19(8-14(17)20)9-15(21)18-12-5-4-11(3)13(16)6-12/h4-6,10H,7-9H2,1-3H3,(H2,17,20)(H,18,21). The Morgan fingerprint density at radius 3 is 2.52 bits per heavy atom. The molecular formula is C15H22FN3O2. The summed E-state index contributed by atoms with van der Waals surface area (Å²) in [6.45, 7) is 6.27. The number of nitrogens with zero attached hydrogens (tertiary/aromatic N) is 1. The Kier molecular flexibility index (Phi) is 6.30. The number of hydrogen-bond acceptors (Lipinski definition) is 3. The highest BCUT2D eigenvalue weighted by molar-refractivity contribution is 5.92. The van der Waals surface area contributed by atoms with Gasteiger partial charge < -0.3 is 11.1 Å². The van der Waals surface area contributed by atoms with E-state index in [2.05, 4.69) is 5.32 Å². The smallest absolute Gasteiger partial charge is 0.238 e. The summed E-state index contributed by atoms with van der Waals surface area (Å²) in [4.78, 5) is 24.6. The van der Waals surface area contributed by atoms with E-state index in [1.165, 1.54) is 6.07 Å². The van der Waals surface area contributed by atoms with E-state index >= 15 is 0 Å². The quantitative estimate of drug-likeness (QED) is 0.800. The molecule has 1 aromatic carbocycles. The molecule has 0 aromatic heterocycles. The minimum absolute atomic E-state index is 0.0217. The fourth-order valence-electron chi connectivity index (χ4n) is 2.00. The lowest BCUT2D eigenvalue weighted by Crippen LogP contribution is -2.41. The molecule has 0 heterocycles. The van der Waals surface area contributed by atoms with E-state index in [0.29, 0.717) is 23.7 Å². The van der Waals surface area contributed by atoms with Gasteiger partial charge in [-0.1, -0.05) is 19.9 Å². The van der Waals surface area contributed by atoms with Crippen molar-refractivity contribution < 1.29 is 14.0 Å². The lowest BCUT2D eigenvalue weighted by molar-refractivity contribution is -0.121. The number of aryl methyl sites for hydroxylation is 1. The van der Waals surface area contributed by atoms with Crippen LogP contribution in [0.15, 0.2) is 18.2 Å². The van der Waals surface area contributed by atoms with Gasteiger partial charge in [0.2, 0.25) is 11.8 Å². The van der Waals surface area contributed by atoms with Crippen LogP contribution in [-0.2, 0) is 9.59 Å². The van der Waals surface area contributed by atoms with Gasteiger partial charge in [0, 0.05) is 12.2 Å². The van der Waals surface area contributed by atoms with Crippen LogP contribution in [-0.4, -0.2) is 36.3 Å². The van der Waals surface area contributed by atoms with Gasteiger partial charge in [-0.2, -0.15) is 0 Å². The summed E-state index contributed by atoms with van der Waals surface area (Å²) in [5, 5.41) is 2.61. The van der Waals surface area contributed by atoms with E-state index in [1.807, 2.05) is 13.8 Å². The Bertz CT molecular complexity index is 518. The number of halogens is 1. The van der Waals surface area contributed by atoms with Crippen LogP contribution in [0.4, 0.5) is 10.1 Å². The number of anilines is 1. The first-order chi connectivity index (χ1) is 9.77. The molecule has 116 valence electrons. The number of primary amides is 1. The number of amides is 2. The Labute approximate surface area is 124 Å². The highest BCUT2D eigenvalue weighted by Gasteiger charge is 2.14. The van der Waals surface area contributed by atoms with Crippen LogP contribution < -0.4 is 11.1 Å². The van der Waals surface area contributed by atoms with Gasteiger partial charge in [0.1, 0.15) is 5.82 Å². The van der Waals surface area contributed by atoms with Crippen molar-refractivity contribution in [3.63, 3.8) is 0 Å². The molecule has 6 heteroatoms. The molecule has 1 aromatic rings. The van der Waals surface area contributed by atoms with Gasteiger partial charge >= 0.3 is 0 Å². The summed E-state index contributed by atoms with van der Waals surface area (Å²) >= 11 is 0. The van der Waals surface area contributed by atoms with Gasteiger partial charge in [-0.3, -0.25) is 14.5 Å². The third-order valence-electron chi connectivity index (χ3n) is 2.83. The normalized spacial score (nSPS) is 11.0. The van der Waals surface area contributed by atoms with Crippen molar-refractivity contribution in [2.45, 2.75) is 20.8 Å². The van der Waals surface area contributed by atoms with Crippen molar-refractivity contribution in [3.05, 3.63) is 29.6 Å². The lowest BCUT2D eigenvalue weighted by Gasteiger charge is -2.22. The number of hydrogen-bond donors (Lipinski definition) is 2. The maximum atomic E-state index is 13.4. The summed E-state index contributed by atoms with van der Waals surface area (Å²) in [5.74, 6) is -0.858. The summed E-state index contributed by atoms with van der Waals surface area (Å²) in [6.07, 6.45) is 0. The van der Waals surface area contributed by atoms with Gasteiger partial charge in [0.05, 0.1) is 13.1 Å². The van der Waals surface area contributed by atoms with Gasteiger partial charge in [-0.25, -0.2) is 4.39 Å². The van der Waals surface area contributed by atoms with Gasteiger partial charge in [-0.05, 0) is 30.5 Å². The molecule has 0 saturated carbocycles. The zero-order valence-corrected chi connectivity index (χ0v) is 12.6. The monoisotopic (exact) mass is 295 g/mol. The molecule has 0 aliphatic carbocycles. The second-order valence-corrected chi connectivity index (χ2v) is 5.54. The second-order valence-electron chi connectivity index (χ2n) is 5.54.